The average Bonchev–Trinajstić information content (AvgIpc) is 3.80. The van der Waals surface area contributed by atoms with Crippen LogP contribution in [0.5, 0.6) is 11.6 Å². The molecule has 290 valence electrons. The Balaban J connectivity index is 1.27. The van der Waals surface area contributed by atoms with Crippen molar-refractivity contribution in [2.24, 2.45) is 5.92 Å². The molecule has 2 saturated heterocycles. The Kier molecular flexibility index (Phi) is 12.2. The molecule has 4 aromatic rings. The number of nitrogens with one attached hydrogen (secondary N) is 2. The third kappa shape index (κ3) is 8.98. The lowest BCUT2D eigenvalue weighted by molar-refractivity contribution is -0.141. The van der Waals surface area contributed by atoms with Crippen molar-refractivity contribution in [2.45, 2.75) is 58.4 Å². The van der Waals surface area contributed by atoms with E-state index in [9.17, 15) is 27.9 Å². The van der Waals surface area contributed by atoms with Crippen molar-refractivity contribution in [1.82, 2.24) is 20.5 Å². The van der Waals surface area contributed by atoms with Gasteiger partial charge < -0.3 is 25.2 Å². The number of halogens is 4. The van der Waals surface area contributed by atoms with Crippen molar-refractivity contribution in [3.8, 4) is 34.0 Å². The number of methoxy groups -OCH3 is 2. The van der Waals surface area contributed by atoms with Gasteiger partial charge in [-0.05, 0) is 84.8 Å². The summed E-state index contributed by atoms with van der Waals surface area (Å²) < 4.78 is 54.6. The maximum Gasteiger partial charge on any atom is 0.417 e. The second kappa shape index (κ2) is 16.8. The summed E-state index contributed by atoms with van der Waals surface area (Å²) in [5.41, 5.74) is 6.00. The maximum absolute atomic E-state index is 14.5. The topological polar surface area (TPSA) is 113 Å². The van der Waals surface area contributed by atoms with Crippen molar-refractivity contribution in [2.75, 3.05) is 33.9 Å². The Morgan fingerprint density at radius 3 is 2.36 bits per heavy atom. The van der Waals surface area contributed by atoms with Gasteiger partial charge >= 0.3 is 12.1 Å². The molecule has 2 fully saturated rings. The lowest BCUT2D eigenvalue weighted by atomic mass is 9.90. The van der Waals surface area contributed by atoms with E-state index in [4.69, 9.17) is 26.1 Å². The van der Waals surface area contributed by atoms with Crippen LogP contribution in [0.4, 0.5) is 13.2 Å². The van der Waals surface area contributed by atoms with E-state index in [1.54, 1.807) is 13.2 Å². The number of nitrogens with zero attached hydrogens (tertiary/aromatic N) is 2. The fraction of sp³-hybridized carbons (Fsp3) is 0.357. The number of benzene rings is 3. The fourth-order valence-electron chi connectivity index (χ4n) is 7.46. The molecule has 2 aliphatic heterocycles. The number of hydrogen-bond acceptors (Lipinski definition) is 7. The first kappa shape index (κ1) is 39.8. The van der Waals surface area contributed by atoms with E-state index in [0.717, 1.165) is 51.4 Å². The molecule has 55 heavy (non-hydrogen) atoms. The van der Waals surface area contributed by atoms with Crippen LogP contribution in [0.25, 0.3) is 34.5 Å². The Bertz CT molecular complexity index is 2120. The molecule has 0 spiro atoms. The first-order valence-corrected chi connectivity index (χ1v) is 18.5. The van der Waals surface area contributed by atoms with Gasteiger partial charge in [0.05, 0.1) is 36.4 Å². The number of hydrogen-bond donors (Lipinski definition) is 3. The first-order valence-electron chi connectivity index (χ1n) is 18.1. The van der Waals surface area contributed by atoms with Gasteiger partial charge in [-0.3, -0.25) is 14.5 Å². The van der Waals surface area contributed by atoms with Crippen LogP contribution in [-0.2, 0) is 28.9 Å². The van der Waals surface area contributed by atoms with Crippen LogP contribution in [-0.4, -0.2) is 66.8 Å². The van der Waals surface area contributed by atoms with Crippen molar-refractivity contribution in [1.29, 1.82) is 0 Å². The molecule has 2 atom stereocenters. The van der Waals surface area contributed by atoms with Crippen LogP contribution < -0.4 is 20.1 Å². The number of carboxylic acid groups (broad SMARTS) is 1. The van der Waals surface area contributed by atoms with Gasteiger partial charge in [0.25, 0.3) is 0 Å². The second-order valence-corrected chi connectivity index (χ2v) is 14.5. The minimum atomic E-state index is -4.63. The minimum Gasteiger partial charge on any atom is -0.496 e. The summed E-state index contributed by atoms with van der Waals surface area (Å²) in [5, 5.41) is 16.1. The lowest BCUT2D eigenvalue weighted by Crippen LogP contribution is -2.35. The summed E-state index contributed by atoms with van der Waals surface area (Å²) in [7, 11) is 2.97. The summed E-state index contributed by atoms with van der Waals surface area (Å²) in [6.45, 7) is 5.88. The molecule has 0 bridgehead atoms. The molecule has 0 aliphatic carbocycles. The second-order valence-electron chi connectivity index (χ2n) is 14.1. The normalized spacial score (nSPS) is 17.6. The number of rotatable bonds is 13. The van der Waals surface area contributed by atoms with Crippen LogP contribution >= 0.6 is 11.6 Å². The molecular formula is C42H44ClF3N4O5. The van der Waals surface area contributed by atoms with E-state index in [-0.39, 0.29) is 30.6 Å². The number of aliphatic carboxylic acids is 1. The zero-order chi connectivity index (χ0) is 39.4. The van der Waals surface area contributed by atoms with E-state index in [1.807, 2.05) is 61.2 Å². The van der Waals surface area contributed by atoms with E-state index in [1.165, 1.54) is 19.3 Å². The number of aromatic nitrogens is 1. The Labute approximate surface area is 323 Å². The number of amides is 1. The van der Waals surface area contributed by atoms with Crippen molar-refractivity contribution in [3.63, 3.8) is 0 Å². The molecule has 9 nitrogen and oxygen atoms in total. The van der Waals surface area contributed by atoms with Gasteiger partial charge in [-0.2, -0.15) is 13.2 Å². The molecule has 13 heteroatoms. The summed E-state index contributed by atoms with van der Waals surface area (Å²) >= 11 is 6.86. The van der Waals surface area contributed by atoms with Crippen LogP contribution in [0.15, 0.2) is 54.6 Å². The molecule has 0 unspecified atom stereocenters. The van der Waals surface area contributed by atoms with Gasteiger partial charge in [-0.25, -0.2) is 4.98 Å². The summed E-state index contributed by atoms with van der Waals surface area (Å²) in [6.07, 6.45) is 0.265. The fourth-order valence-corrected chi connectivity index (χ4v) is 7.73. The monoisotopic (exact) mass is 776 g/mol. The first-order chi connectivity index (χ1) is 26.3. The third-order valence-corrected chi connectivity index (χ3v) is 10.8. The molecule has 2 aliphatic rings. The highest BCUT2D eigenvalue weighted by Gasteiger charge is 2.35. The van der Waals surface area contributed by atoms with Crippen LogP contribution in [0.1, 0.15) is 58.2 Å². The number of alkyl halides is 3. The molecule has 1 amide bonds. The van der Waals surface area contributed by atoms with Gasteiger partial charge in [0, 0.05) is 55.3 Å². The molecule has 6 rings (SSSR count). The molecule has 1 aromatic heterocycles. The van der Waals surface area contributed by atoms with Gasteiger partial charge in [0.2, 0.25) is 11.8 Å². The quantitative estimate of drug-likeness (QED) is 0.117. The van der Waals surface area contributed by atoms with E-state index in [2.05, 4.69) is 10.6 Å². The van der Waals surface area contributed by atoms with Crippen LogP contribution in [0.2, 0.25) is 5.02 Å². The Morgan fingerprint density at radius 2 is 1.71 bits per heavy atom. The average molecular weight is 777 g/mol. The third-order valence-electron chi connectivity index (χ3n) is 10.5. The predicted molar refractivity (Wildman–Crippen MR) is 207 cm³/mol. The highest BCUT2D eigenvalue weighted by Crippen LogP contribution is 2.40. The van der Waals surface area contributed by atoms with Crippen LogP contribution in [0, 0.1) is 19.8 Å². The standard InChI is InChI=1S/C42H44ClF3N4O5/c1-24-26(11-12-27-19-37(54-3)30(17-35(27)42(44,45)46)23-50-16-15-28(22-50)41(52)53)7-5-8-32(24)33-9-6-10-34(25(33)2)39-36(43)18-29(40(49-39)55-4)20-47-21-31-13-14-38(51)48-31/h5-12,17-19,28,31,47H,13-16,20-23H2,1-4H3,(H,48,51)(H,52,53)/b12-11+/t28-,31+/m1/s1. The highest BCUT2D eigenvalue weighted by molar-refractivity contribution is 6.33. The number of carbonyl (C=O) groups is 2. The molecule has 3 aromatic carbocycles. The van der Waals surface area contributed by atoms with E-state index >= 15 is 0 Å². The molecule has 0 saturated carbocycles. The Morgan fingerprint density at radius 1 is 1.00 bits per heavy atom. The SMILES string of the molecule is COc1cc(/C=C/c2cccc(-c3cccc(-c4nc(OC)c(CNC[C@@H]5CCC(=O)N5)cc4Cl)c3C)c2C)c(C(F)(F)F)cc1CN1CC[C@@H](C(=O)O)C1. The zero-order valence-corrected chi connectivity index (χ0v) is 31.9. The van der Waals surface area contributed by atoms with Crippen LogP contribution in [0.3, 0.4) is 0 Å². The van der Waals surface area contributed by atoms with E-state index in [0.29, 0.717) is 60.4 Å². The highest BCUT2D eigenvalue weighted by atomic mass is 35.5. The summed E-state index contributed by atoms with van der Waals surface area (Å²) in [4.78, 5) is 29.6. The summed E-state index contributed by atoms with van der Waals surface area (Å²) in [5.74, 6) is -0.653. The largest absolute Gasteiger partial charge is 0.496 e. The summed E-state index contributed by atoms with van der Waals surface area (Å²) in [6, 6.07) is 16.0. The predicted octanol–water partition coefficient (Wildman–Crippen LogP) is 8.17. The zero-order valence-electron chi connectivity index (χ0n) is 31.1. The van der Waals surface area contributed by atoms with Gasteiger partial charge in [0.1, 0.15) is 5.75 Å². The van der Waals surface area contributed by atoms with Crippen molar-refractivity contribution in [3.05, 3.63) is 98.6 Å². The van der Waals surface area contributed by atoms with Crippen molar-refractivity contribution >= 4 is 35.6 Å². The minimum absolute atomic E-state index is 0.0421. The maximum atomic E-state index is 14.5. The number of ether oxygens (including phenoxy) is 2. The number of carbonyl (C=O) groups excluding carboxylic acids is 1. The van der Waals surface area contributed by atoms with Crippen molar-refractivity contribution < 1.29 is 37.3 Å². The Hall–Kier alpha value is -4.91. The number of pyridine rings is 1. The van der Waals surface area contributed by atoms with Gasteiger partial charge in [-0.15, -0.1) is 0 Å². The lowest BCUT2D eigenvalue weighted by Gasteiger charge is -2.20. The smallest absolute Gasteiger partial charge is 0.417 e. The number of likely N-dealkylation sites (tertiary alicyclic amines) is 1. The van der Waals surface area contributed by atoms with E-state index < -0.39 is 23.6 Å². The molecular weight excluding hydrogens is 733 g/mol. The molecule has 3 heterocycles. The van der Waals surface area contributed by atoms with Gasteiger partial charge in [-0.1, -0.05) is 60.2 Å². The molecule has 3 N–H and O–H groups in total. The number of carboxylic acids is 1. The van der Waals surface area contributed by atoms with Gasteiger partial charge in [0.15, 0.2) is 0 Å². The molecule has 0 radical (unpaired) electrons.